The van der Waals surface area contributed by atoms with Gasteiger partial charge in [-0.05, 0) is 56.0 Å². The Bertz CT molecular complexity index is 367. The second kappa shape index (κ2) is 6.79. The van der Waals surface area contributed by atoms with Crippen molar-refractivity contribution in [3.05, 3.63) is 29.3 Å². The van der Waals surface area contributed by atoms with Crippen LogP contribution in [0.1, 0.15) is 44.2 Å². The molecule has 0 atom stereocenters. The molecule has 1 aliphatic rings. The first-order chi connectivity index (χ1) is 8.85. The zero-order chi connectivity index (χ0) is 12.8. The third kappa shape index (κ3) is 3.26. The average Bonchev–Trinajstić information content (AvgIpc) is 2.40. The Kier molecular flexibility index (Phi) is 5.06. The highest BCUT2D eigenvalue weighted by Crippen LogP contribution is 2.26. The van der Waals surface area contributed by atoms with Crippen LogP contribution in [-0.4, -0.2) is 24.5 Å². The number of rotatable bonds is 6. The smallest absolute Gasteiger partial charge is 0.0375 e. The van der Waals surface area contributed by atoms with Gasteiger partial charge in [-0.1, -0.05) is 26.0 Å². The van der Waals surface area contributed by atoms with Crippen LogP contribution in [0.4, 0.5) is 5.69 Å². The van der Waals surface area contributed by atoms with Crippen molar-refractivity contribution in [1.82, 2.24) is 4.90 Å². The summed E-state index contributed by atoms with van der Waals surface area (Å²) in [4.78, 5) is 2.59. The molecule has 1 aromatic carbocycles. The van der Waals surface area contributed by atoms with Crippen molar-refractivity contribution in [2.45, 2.75) is 46.1 Å². The lowest BCUT2D eigenvalue weighted by atomic mass is 9.97. The van der Waals surface area contributed by atoms with E-state index in [1.165, 1.54) is 50.0 Å². The molecule has 0 saturated carbocycles. The molecule has 18 heavy (non-hydrogen) atoms. The Balaban J connectivity index is 2.12. The Hall–Kier alpha value is -1.02. The number of benzene rings is 1. The molecule has 0 unspecified atom stereocenters. The predicted octanol–water partition coefficient (Wildman–Crippen LogP) is 3.67. The van der Waals surface area contributed by atoms with E-state index in [1.54, 1.807) is 5.56 Å². The molecule has 0 saturated heterocycles. The maximum absolute atomic E-state index is 3.52. The Morgan fingerprint density at radius 1 is 1.17 bits per heavy atom. The normalized spacial score (nSPS) is 14.4. The van der Waals surface area contributed by atoms with Crippen molar-refractivity contribution in [3.63, 3.8) is 0 Å². The molecule has 2 rings (SSSR count). The molecule has 0 aromatic heterocycles. The van der Waals surface area contributed by atoms with Gasteiger partial charge in [-0.3, -0.25) is 4.90 Å². The summed E-state index contributed by atoms with van der Waals surface area (Å²) in [5.41, 5.74) is 4.45. The third-order valence-corrected chi connectivity index (χ3v) is 3.67. The van der Waals surface area contributed by atoms with Crippen molar-refractivity contribution in [1.29, 1.82) is 0 Å². The van der Waals surface area contributed by atoms with Crippen LogP contribution in [0.2, 0.25) is 0 Å². The van der Waals surface area contributed by atoms with Gasteiger partial charge < -0.3 is 5.32 Å². The van der Waals surface area contributed by atoms with E-state index in [9.17, 15) is 0 Å². The van der Waals surface area contributed by atoms with Crippen LogP contribution in [0.3, 0.4) is 0 Å². The van der Waals surface area contributed by atoms with Gasteiger partial charge in [0.05, 0.1) is 0 Å². The number of hydrogen-bond donors (Lipinski definition) is 1. The Labute approximate surface area is 111 Å². The third-order valence-electron chi connectivity index (χ3n) is 3.67. The van der Waals surface area contributed by atoms with Crippen molar-refractivity contribution in [3.8, 4) is 0 Å². The summed E-state index contributed by atoms with van der Waals surface area (Å²) in [5, 5.41) is 3.52. The summed E-state index contributed by atoms with van der Waals surface area (Å²) in [5.74, 6) is 0. The zero-order valence-electron chi connectivity index (χ0n) is 11.8. The van der Waals surface area contributed by atoms with Gasteiger partial charge in [0, 0.05) is 18.8 Å². The van der Waals surface area contributed by atoms with E-state index < -0.39 is 0 Å². The van der Waals surface area contributed by atoms with Crippen LogP contribution in [0.5, 0.6) is 0 Å². The molecule has 1 N–H and O–H groups in total. The summed E-state index contributed by atoms with van der Waals surface area (Å²) in [6, 6.07) is 6.73. The highest BCUT2D eigenvalue weighted by atomic mass is 15.1. The topological polar surface area (TPSA) is 15.3 Å². The lowest BCUT2D eigenvalue weighted by Gasteiger charge is -2.26. The highest BCUT2D eigenvalue weighted by Gasteiger charge is 2.14. The fourth-order valence-corrected chi connectivity index (χ4v) is 2.88. The number of nitrogens with one attached hydrogen (secondary N) is 1. The van der Waals surface area contributed by atoms with Crippen molar-refractivity contribution < 1.29 is 0 Å². The number of fused-ring (bicyclic) bond motifs is 1. The first-order valence-corrected chi connectivity index (χ1v) is 7.42. The largest absolute Gasteiger partial charge is 0.385 e. The molecular weight excluding hydrogens is 220 g/mol. The minimum Gasteiger partial charge on any atom is -0.385 e. The van der Waals surface area contributed by atoms with Crippen LogP contribution >= 0.6 is 0 Å². The molecule has 1 aromatic rings. The van der Waals surface area contributed by atoms with E-state index in [0.717, 1.165) is 13.1 Å². The molecule has 0 bridgehead atoms. The Morgan fingerprint density at radius 3 is 2.67 bits per heavy atom. The van der Waals surface area contributed by atoms with Crippen molar-refractivity contribution in [2.24, 2.45) is 0 Å². The van der Waals surface area contributed by atoms with Gasteiger partial charge in [-0.25, -0.2) is 0 Å². The quantitative estimate of drug-likeness (QED) is 0.824. The molecule has 1 aliphatic heterocycles. The van der Waals surface area contributed by atoms with Crippen LogP contribution in [0.15, 0.2) is 18.2 Å². The van der Waals surface area contributed by atoms with E-state index in [4.69, 9.17) is 0 Å². The van der Waals surface area contributed by atoms with Gasteiger partial charge >= 0.3 is 0 Å². The zero-order valence-corrected chi connectivity index (χ0v) is 11.8. The summed E-state index contributed by atoms with van der Waals surface area (Å²) in [7, 11) is 0. The van der Waals surface area contributed by atoms with Gasteiger partial charge in [0.1, 0.15) is 0 Å². The van der Waals surface area contributed by atoms with Gasteiger partial charge in [0.2, 0.25) is 0 Å². The second-order valence-electron chi connectivity index (χ2n) is 5.25. The SMILES string of the molecule is CCCN(CCC)Cc1cccc2c1CCCN2. The number of hydrogen-bond acceptors (Lipinski definition) is 2. The Morgan fingerprint density at radius 2 is 1.94 bits per heavy atom. The van der Waals surface area contributed by atoms with Crippen molar-refractivity contribution in [2.75, 3.05) is 25.0 Å². The van der Waals surface area contributed by atoms with Crippen LogP contribution in [0, 0.1) is 0 Å². The molecule has 2 nitrogen and oxygen atoms in total. The first kappa shape index (κ1) is 13.4. The lowest BCUT2D eigenvalue weighted by molar-refractivity contribution is 0.265. The molecule has 0 radical (unpaired) electrons. The fraction of sp³-hybridized carbons (Fsp3) is 0.625. The molecule has 0 amide bonds. The molecule has 2 heteroatoms. The van der Waals surface area contributed by atoms with E-state index in [1.807, 2.05) is 0 Å². The summed E-state index contributed by atoms with van der Waals surface area (Å²) in [6.07, 6.45) is 5.00. The maximum Gasteiger partial charge on any atom is 0.0375 e. The first-order valence-electron chi connectivity index (χ1n) is 7.42. The molecule has 0 spiro atoms. The van der Waals surface area contributed by atoms with Gasteiger partial charge in [-0.2, -0.15) is 0 Å². The van der Waals surface area contributed by atoms with E-state index in [-0.39, 0.29) is 0 Å². The fourth-order valence-electron chi connectivity index (χ4n) is 2.88. The van der Waals surface area contributed by atoms with E-state index in [2.05, 4.69) is 42.3 Å². The summed E-state index contributed by atoms with van der Waals surface area (Å²) < 4.78 is 0. The predicted molar refractivity (Wildman–Crippen MR) is 79.1 cm³/mol. The highest BCUT2D eigenvalue weighted by molar-refractivity contribution is 5.56. The molecule has 0 fully saturated rings. The van der Waals surface area contributed by atoms with Gasteiger partial charge in [0.15, 0.2) is 0 Å². The van der Waals surface area contributed by atoms with E-state index in [0.29, 0.717) is 0 Å². The van der Waals surface area contributed by atoms with Crippen molar-refractivity contribution >= 4 is 5.69 Å². The number of nitrogens with zero attached hydrogens (tertiary/aromatic N) is 1. The minimum absolute atomic E-state index is 1.12. The molecule has 1 heterocycles. The lowest BCUT2D eigenvalue weighted by Crippen LogP contribution is -2.26. The van der Waals surface area contributed by atoms with E-state index >= 15 is 0 Å². The molecular formula is C16H26N2. The summed E-state index contributed by atoms with van der Waals surface area (Å²) >= 11 is 0. The monoisotopic (exact) mass is 246 g/mol. The number of anilines is 1. The van der Waals surface area contributed by atoms with Crippen LogP contribution in [0.25, 0.3) is 0 Å². The average molecular weight is 246 g/mol. The second-order valence-corrected chi connectivity index (χ2v) is 5.25. The minimum atomic E-state index is 1.12. The molecule has 0 aliphatic carbocycles. The maximum atomic E-state index is 3.52. The van der Waals surface area contributed by atoms with Crippen LogP contribution in [-0.2, 0) is 13.0 Å². The standard InChI is InChI=1S/C16H26N2/c1-3-11-18(12-4-2)13-14-7-5-9-16-15(14)8-6-10-17-16/h5,7,9,17H,3-4,6,8,10-13H2,1-2H3. The summed E-state index contributed by atoms with van der Waals surface area (Å²) in [6.45, 7) is 9.21. The van der Waals surface area contributed by atoms with Crippen LogP contribution < -0.4 is 5.32 Å². The molecule has 100 valence electrons. The van der Waals surface area contributed by atoms with Gasteiger partial charge in [0.25, 0.3) is 0 Å². The van der Waals surface area contributed by atoms with Gasteiger partial charge in [-0.15, -0.1) is 0 Å².